The van der Waals surface area contributed by atoms with Crippen molar-refractivity contribution in [3.8, 4) is 5.69 Å². The number of hydrogen-bond donors (Lipinski definition) is 1. The molecule has 1 saturated heterocycles. The van der Waals surface area contributed by atoms with E-state index in [2.05, 4.69) is 15.5 Å². The average Bonchev–Trinajstić information content (AvgIpc) is 3.25. The lowest BCUT2D eigenvalue weighted by Crippen LogP contribution is -2.39. The van der Waals surface area contributed by atoms with Gasteiger partial charge in [0.25, 0.3) is 0 Å². The van der Waals surface area contributed by atoms with Crippen molar-refractivity contribution >= 4 is 6.03 Å². The molecule has 0 radical (unpaired) electrons. The van der Waals surface area contributed by atoms with Crippen LogP contribution >= 0.6 is 0 Å². The van der Waals surface area contributed by atoms with Crippen LogP contribution in [0.5, 0.6) is 0 Å². The third-order valence-electron chi connectivity index (χ3n) is 3.84. The number of carbonyl (C=O) groups excluding carboxylic acids is 1. The molecule has 2 heterocycles. The number of carbonyl (C=O) groups is 1. The Morgan fingerprint density at radius 1 is 1.43 bits per heavy atom. The first-order valence-electron chi connectivity index (χ1n) is 7.76. The minimum atomic E-state index is -0.105. The Labute approximate surface area is 135 Å². The van der Waals surface area contributed by atoms with E-state index in [1.54, 1.807) is 22.9 Å². The lowest BCUT2D eigenvalue weighted by molar-refractivity contribution is 0.182. The van der Waals surface area contributed by atoms with Crippen molar-refractivity contribution in [1.29, 1.82) is 0 Å². The van der Waals surface area contributed by atoms with Gasteiger partial charge in [-0.1, -0.05) is 18.2 Å². The quantitative estimate of drug-likeness (QED) is 0.906. The molecular weight excluding hydrogens is 294 g/mol. The van der Waals surface area contributed by atoms with Gasteiger partial charge in [0, 0.05) is 26.1 Å². The third kappa shape index (κ3) is 4.07. The maximum atomic E-state index is 12.1. The fourth-order valence-electron chi connectivity index (χ4n) is 2.48. The van der Waals surface area contributed by atoms with Crippen LogP contribution in [0.4, 0.5) is 4.79 Å². The van der Waals surface area contributed by atoms with Gasteiger partial charge >= 0.3 is 6.03 Å². The summed E-state index contributed by atoms with van der Waals surface area (Å²) >= 11 is 0. The number of urea groups is 1. The first-order valence-corrected chi connectivity index (χ1v) is 7.76. The van der Waals surface area contributed by atoms with Gasteiger partial charge in [0.15, 0.2) is 0 Å². The first kappa shape index (κ1) is 15.5. The van der Waals surface area contributed by atoms with Crippen LogP contribution in [0.3, 0.4) is 0 Å². The van der Waals surface area contributed by atoms with Crippen molar-refractivity contribution in [1.82, 2.24) is 25.2 Å². The second kappa shape index (κ2) is 7.23. The van der Waals surface area contributed by atoms with E-state index < -0.39 is 0 Å². The number of hydrogen-bond acceptors (Lipinski definition) is 4. The SMILES string of the molecule is CN(Cc1cnn(-c2ccccc2)n1)C(=O)NCC1CCOC1. The summed E-state index contributed by atoms with van der Waals surface area (Å²) in [6.45, 7) is 2.59. The van der Waals surface area contributed by atoms with E-state index in [4.69, 9.17) is 4.74 Å². The normalized spacial score (nSPS) is 17.2. The van der Waals surface area contributed by atoms with Crippen molar-refractivity contribution < 1.29 is 9.53 Å². The summed E-state index contributed by atoms with van der Waals surface area (Å²) in [6, 6.07) is 9.58. The highest BCUT2D eigenvalue weighted by Gasteiger charge is 2.18. The monoisotopic (exact) mass is 315 g/mol. The summed E-state index contributed by atoms with van der Waals surface area (Å²) in [5.74, 6) is 0.423. The summed E-state index contributed by atoms with van der Waals surface area (Å²) in [7, 11) is 1.75. The second-order valence-corrected chi connectivity index (χ2v) is 5.73. The Kier molecular flexibility index (Phi) is 4.87. The number of nitrogens with one attached hydrogen (secondary N) is 1. The van der Waals surface area contributed by atoms with Gasteiger partial charge in [0.05, 0.1) is 25.0 Å². The van der Waals surface area contributed by atoms with Crippen LogP contribution in [-0.4, -0.2) is 52.7 Å². The zero-order chi connectivity index (χ0) is 16.1. The molecule has 2 amide bonds. The summed E-state index contributed by atoms with van der Waals surface area (Å²) in [5.41, 5.74) is 1.64. The summed E-state index contributed by atoms with van der Waals surface area (Å²) in [4.78, 5) is 15.3. The molecule has 0 spiro atoms. The summed E-state index contributed by atoms with van der Waals surface area (Å²) < 4.78 is 5.30. The molecular formula is C16H21N5O2. The lowest BCUT2D eigenvalue weighted by Gasteiger charge is -2.18. The van der Waals surface area contributed by atoms with E-state index in [0.717, 1.165) is 31.0 Å². The van der Waals surface area contributed by atoms with E-state index >= 15 is 0 Å². The van der Waals surface area contributed by atoms with Crippen LogP contribution in [0.1, 0.15) is 12.1 Å². The lowest BCUT2D eigenvalue weighted by atomic mass is 10.1. The molecule has 1 aliphatic heterocycles. The Bertz CT molecular complexity index is 637. The van der Waals surface area contributed by atoms with Crippen LogP contribution < -0.4 is 5.32 Å². The second-order valence-electron chi connectivity index (χ2n) is 5.73. The molecule has 3 rings (SSSR count). The Morgan fingerprint density at radius 2 is 2.26 bits per heavy atom. The highest BCUT2D eigenvalue weighted by molar-refractivity contribution is 5.73. The van der Waals surface area contributed by atoms with Crippen LogP contribution in [-0.2, 0) is 11.3 Å². The van der Waals surface area contributed by atoms with Gasteiger partial charge in [-0.3, -0.25) is 0 Å². The van der Waals surface area contributed by atoms with Gasteiger partial charge in [-0.05, 0) is 18.6 Å². The fourth-order valence-corrected chi connectivity index (χ4v) is 2.48. The fraction of sp³-hybridized carbons (Fsp3) is 0.438. The topological polar surface area (TPSA) is 72.3 Å². The van der Waals surface area contributed by atoms with Crippen molar-refractivity contribution in [2.24, 2.45) is 5.92 Å². The molecule has 1 fully saturated rings. The van der Waals surface area contributed by atoms with Gasteiger partial charge in [-0.25, -0.2) is 4.79 Å². The molecule has 7 nitrogen and oxygen atoms in total. The maximum Gasteiger partial charge on any atom is 0.317 e. The molecule has 1 aliphatic rings. The molecule has 0 aliphatic carbocycles. The molecule has 7 heteroatoms. The van der Waals surface area contributed by atoms with Crippen molar-refractivity contribution in [3.05, 3.63) is 42.2 Å². The van der Waals surface area contributed by atoms with E-state index in [0.29, 0.717) is 19.0 Å². The maximum absolute atomic E-state index is 12.1. The number of nitrogens with zero attached hydrogens (tertiary/aromatic N) is 4. The largest absolute Gasteiger partial charge is 0.381 e. The van der Waals surface area contributed by atoms with Crippen LogP contribution in [0.25, 0.3) is 5.69 Å². The average molecular weight is 315 g/mol. The highest BCUT2D eigenvalue weighted by atomic mass is 16.5. The molecule has 122 valence electrons. The predicted molar refractivity (Wildman–Crippen MR) is 85.2 cm³/mol. The Balaban J connectivity index is 1.52. The molecule has 1 unspecified atom stereocenters. The van der Waals surface area contributed by atoms with Gasteiger partial charge in [-0.15, -0.1) is 0 Å². The van der Waals surface area contributed by atoms with Crippen molar-refractivity contribution in [2.45, 2.75) is 13.0 Å². The van der Waals surface area contributed by atoms with Crippen molar-refractivity contribution in [2.75, 3.05) is 26.8 Å². The molecule has 0 saturated carbocycles. The van der Waals surface area contributed by atoms with Gasteiger partial charge < -0.3 is 15.0 Å². The smallest absolute Gasteiger partial charge is 0.317 e. The number of para-hydroxylation sites is 1. The molecule has 0 bridgehead atoms. The minimum Gasteiger partial charge on any atom is -0.381 e. The predicted octanol–water partition coefficient (Wildman–Crippen LogP) is 1.45. The highest BCUT2D eigenvalue weighted by Crippen LogP contribution is 2.11. The van der Waals surface area contributed by atoms with Crippen molar-refractivity contribution in [3.63, 3.8) is 0 Å². The zero-order valence-corrected chi connectivity index (χ0v) is 13.2. The molecule has 1 atom stereocenters. The summed E-state index contributed by atoms with van der Waals surface area (Å²) in [5, 5.41) is 11.6. The Morgan fingerprint density at radius 3 is 3.00 bits per heavy atom. The van der Waals surface area contributed by atoms with E-state index in [9.17, 15) is 4.79 Å². The van der Waals surface area contributed by atoms with Gasteiger partial charge in [0.2, 0.25) is 0 Å². The molecule has 1 aromatic carbocycles. The first-order chi connectivity index (χ1) is 11.2. The zero-order valence-electron chi connectivity index (χ0n) is 13.2. The Hall–Kier alpha value is -2.41. The van der Waals surface area contributed by atoms with E-state index in [1.165, 1.54) is 0 Å². The summed E-state index contributed by atoms with van der Waals surface area (Å²) in [6.07, 6.45) is 2.69. The number of rotatable bonds is 5. The number of ether oxygens (including phenoxy) is 1. The van der Waals surface area contributed by atoms with Gasteiger partial charge in [-0.2, -0.15) is 15.0 Å². The number of aromatic nitrogens is 3. The van der Waals surface area contributed by atoms with Crippen LogP contribution in [0, 0.1) is 5.92 Å². The molecule has 1 N–H and O–H groups in total. The third-order valence-corrected chi connectivity index (χ3v) is 3.84. The number of benzene rings is 1. The van der Waals surface area contributed by atoms with Crippen LogP contribution in [0.15, 0.2) is 36.5 Å². The minimum absolute atomic E-state index is 0.105. The number of amides is 2. The van der Waals surface area contributed by atoms with E-state index in [1.807, 2.05) is 30.3 Å². The standard InChI is InChI=1S/C16H21N5O2/c1-20(16(22)17-9-13-7-8-23-12-13)11-14-10-18-21(19-14)15-5-3-2-4-6-15/h2-6,10,13H,7-9,11-12H2,1H3,(H,17,22). The molecule has 23 heavy (non-hydrogen) atoms. The van der Waals surface area contributed by atoms with Crippen LogP contribution in [0.2, 0.25) is 0 Å². The molecule has 1 aromatic heterocycles. The van der Waals surface area contributed by atoms with Gasteiger partial charge in [0.1, 0.15) is 5.69 Å². The molecule has 2 aromatic rings. The van der Waals surface area contributed by atoms with E-state index in [-0.39, 0.29) is 6.03 Å².